The van der Waals surface area contributed by atoms with E-state index in [-0.39, 0.29) is 31.1 Å². The molecule has 1 aromatic carbocycles. The maximum Gasteiger partial charge on any atom is 0.335 e. The molecule has 0 fully saturated rings. The van der Waals surface area contributed by atoms with Crippen LogP contribution in [-0.2, 0) is 11.3 Å². The summed E-state index contributed by atoms with van der Waals surface area (Å²) in [6, 6.07) is 6.33. The van der Waals surface area contributed by atoms with Gasteiger partial charge in [0.1, 0.15) is 0 Å². The van der Waals surface area contributed by atoms with E-state index >= 15 is 0 Å². The zero-order valence-electron chi connectivity index (χ0n) is 11.4. The Hall–Kier alpha value is -1.93. The molecule has 1 aliphatic carbocycles. The topological polar surface area (TPSA) is 46.5 Å². The number of alkyl halides is 2. The van der Waals surface area contributed by atoms with Crippen LogP contribution in [0.5, 0.6) is 0 Å². The highest BCUT2D eigenvalue weighted by molar-refractivity contribution is 5.87. The number of carbonyl (C=O) groups is 1. The van der Waals surface area contributed by atoms with Crippen LogP contribution in [0.15, 0.2) is 24.3 Å². The monoisotopic (exact) mass is 294 g/mol. The van der Waals surface area contributed by atoms with E-state index in [4.69, 9.17) is 9.84 Å². The second-order valence-corrected chi connectivity index (χ2v) is 5.02. The minimum absolute atomic E-state index is 0.208. The van der Waals surface area contributed by atoms with Gasteiger partial charge >= 0.3 is 11.9 Å². The van der Waals surface area contributed by atoms with Crippen LogP contribution in [0.4, 0.5) is 8.78 Å². The van der Waals surface area contributed by atoms with E-state index in [0.29, 0.717) is 12.8 Å². The number of carboxylic acid groups (broad SMARTS) is 1. The van der Waals surface area contributed by atoms with Gasteiger partial charge in [0.2, 0.25) is 0 Å². The van der Waals surface area contributed by atoms with Crippen molar-refractivity contribution in [2.45, 2.75) is 44.3 Å². The Kier molecular flexibility index (Phi) is 4.92. The number of aromatic carboxylic acids is 1. The molecule has 0 saturated heterocycles. The summed E-state index contributed by atoms with van der Waals surface area (Å²) in [5.41, 5.74) is 1.03. The first-order valence-electron chi connectivity index (χ1n) is 6.78. The van der Waals surface area contributed by atoms with E-state index in [1.165, 1.54) is 12.1 Å². The van der Waals surface area contributed by atoms with E-state index in [1.807, 2.05) is 5.92 Å². The van der Waals surface area contributed by atoms with E-state index in [1.54, 1.807) is 12.1 Å². The van der Waals surface area contributed by atoms with Crippen LogP contribution in [0.3, 0.4) is 0 Å². The van der Waals surface area contributed by atoms with Gasteiger partial charge in [0.15, 0.2) is 0 Å². The normalized spacial score (nSPS) is 20.8. The summed E-state index contributed by atoms with van der Waals surface area (Å²) in [5, 5.41) is 8.80. The Balaban J connectivity index is 1.88. The van der Waals surface area contributed by atoms with Gasteiger partial charge in [-0.15, -0.1) is 0 Å². The second-order valence-electron chi connectivity index (χ2n) is 5.02. The van der Waals surface area contributed by atoms with Crippen molar-refractivity contribution in [3.05, 3.63) is 35.4 Å². The quantitative estimate of drug-likeness (QED) is 0.865. The molecular weight excluding hydrogens is 278 g/mol. The molecule has 0 aliphatic heterocycles. The molecule has 0 bridgehead atoms. The lowest BCUT2D eigenvalue weighted by atomic mass is 10.0. The molecule has 0 heterocycles. The smallest absolute Gasteiger partial charge is 0.335 e. The molecule has 1 aromatic rings. The Bertz CT molecular complexity index is 555. The molecule has 3 nitrogen and oxygen atoms in total. The first-order valence-corrected chi connectivity index (χ1v) is 6.78. The van der Waals surface area contributed by atoms with Crippen LogP contribution in [0, 0.1) is 11.8 Å². The molecule has 1 N–H and O–H groups in total. The van der Waals surface area contributed by atoms with Gasteiger partial charge in [-0.25, -0.2) is 4.79 Å². The highest BCUT2D eigenvalue weighted by Gasteiger charge is 2.28. The fourth-order valence-electron chi connectivity index (χ4n) is 2.10. The SMILES string of the molecule is O=C(O)c1ccc(COC2CCC#CC(F)(F)CC2)cc1. The van der Waals surface area contributed by atoms with Gasteiger partial charge in [0.25, 0.3) is 0 Å². The van der Waals surface area contributed by atoms with Crippen LogP contribution in [0.25, 0.3) is 0 Å². The fourth-order valence-corrected chi connectivity index (χ4v) is 2.10. The van der Waals surface area contributed by atoms with Crippen molar-refractivity contribution in [1.29, 1.82) is 0 Å². The first kappa shape index (κ1) is 15.5. The van der Waals surface area contributed by atoms with Crippen LogP contribution >= 0.6 is 0 Å². The molecule has 1 unspecified atom stereocenters. The summed E-state index contributed by atoms with van der Waals surface area (Å²) >= 11 is 0. The number of benzene rings is 1. The lowest BCUT2D eigenvalue weighted by Crippen LogP contribution is -2.21. The van der Waals surface area contributed by atoms with Gasteiger partial charge < -0.3 is 9.84 Å². The van der Waals surface area contributed by atoms with E-state index in [9.17, 15) is 13.6 Å². The maximum absolute atomic E-state index is 13.2. The number of ether oxygens (including phenoxy) is 1. The van der Waals surface area contributed by atoms with Gasteiger partial charge in [-0.2, -0.15) is 8.78 Å². The summed E-state index contributed by atoms with van der Waals surface area (Å²) < 4.78 is 32.1. The molecule has 0 saturated carbocycles. The van der Waals surface area contributed by atoms with Gasteiger partial charge in [0, 0.05) is 12.8 Å². The maximum atomic E-state index is 13.2. The van der Waals surface area contributed by atoms with E-state index < -0.39 is 11.9 Å². The van der Waals surface area contributed by atoms with Crippen LogP contribution < -0.4 is 0 Å². The Morgan fingerprint density at radius 1 is 1.33 bits per heavy atom. The summed E-state index contributed by atoms with van der Waals surface area (Å²) in [4.78, 5) is 10.7. The molecule has 5 heteroatoms. The Morgan fingerprint density at radius 3 is 2.71 bits per heavy atom. The minimum Gasteiger partial charge on any atom is -0.478 e. The van der Waals surface area contributed by atoms with Crippen molar-refractivity contribution >= 4 is 5.97 Å². The van der Waals surface area contributed by atoms with Crippen LogP contribution in [0.2, 0.25) is 0 Å². The zero-order valence-corrected chi connectivity index (χ0v) is 11.4. The number of hydrogen-bond acceptors (Lipinski definition) is 2. The summed E-state index contributed by atoms with van der Waals surface area (Å²) in [7, 11) is 0. The molecule has 0 radical (unpaired) electrons. The molecule has 0 spiro atoms. The summed E-state index contributed by atoms with van der Waals surface area (Å²) in [6.45, 7) is 0.281. The fraction of sp³-hybridized carbons (Fsp3) is 0.438. The zero-order chi connectivity index (χ0) is 15.3. The third kappa shape index (κ3) is 4.83. The average molecular weight is 294 g/mol. The molecule has 1 atom stereocenters. The van der Waals surface area contributed by atoms with Gasteiger partial charge in [-0.3, -0.25) is 0 Å². The first-order chi connectivity index (χ1) is 9.96. The molecule has 0 amide bonds. The number of halogens is 2. The molecule has 0 aromatic heterocycles. The van der Waals surface area contributed by atoms with Crippen molar-refractivity contribution in [1.82, 2.24) is 0 Å². The third-order valence-corrected chi connectivity index (χ3v) is 3.33. The van der Waals surface area contributed by atoms with Crippen molar-refractivity contribution in [2.75, 3.05) is 0 Å². The standard InChI is InChI=1S/C16H16F2O3/c17-16(18)9-2-1-3-14(8-10-16)21-11-12-4-6-13(7-5-12)15(19)20/h4-7,14H,1,3,8,10-11H2,(H,19,20). The highest BCUT2D eigenvalue weighted by Crippen LogP contribution is 2.25. The second kappa shape index (κ2) is 6.68. The molecular formula is C16H16F2O3. The van der Waals surface area contributed by atoms with Gasteiger partial charge in [-0.05, 0) is 36.5 Å². The van der Waals surface area contributed by atoms with Crippen molar-refractivity contribution < 1.29 is 23.4 Å². The van der Waals surface area contributed by atoms with E-state index in [2.05, 4.69) is 5.92 Å². The Morgan fingerprint density at radius 2 is 2.05 bits per heavy atom. The minimum atomic E-state index is -2.93. The molecule has 2 rings (SSSR count). The molecule has 112 valence electrons. The number of carboxylic acids is 1. The summed E-state index contributed by atoms with van der Waals surface area (Å²) in [6.07, 6.45) is 0.774. The number of rotatable bonds is 4. The van der Waals surface area contributed by atoms with E-state index in [0.717, 1.165) is 5.56 Å². The predicted molar refractivity (Wildman–Crippen MR) is 73.2 cm³/mol. The number of hydrogen-bond donors (Lipinski definition) is 1. The lowest BCUT2D eigenvalue weighted by molar-refractivity contribution is -0.00488. The highest BCUT2D eigenvalue weighted by atomic mass is 19.3. The third-order valence-electron chi connectivity index (χ3n) is 3.33. The lowest BCUT2D eigenvalue weighted by Gasteiger charge is -2.20. The average Bonchev–Trinajstić information content (AvgIpc) is 2.44. The Labute approximate surface area is 121 Å². The van der Waals surface area contributed by atoms with Crippen molar-refractivity contribution in [2.24, 2.45) is 0 Å². The van der Waals surface area contributed by atoms with Crippen LogP contribution in [0.1, 0.15) is 41.6 Å². The molecule has 1 aliphatic rings. The predicted octanol–water partition coefficient (Wildman–Crippen LogP) is 3.48. The van der Waals surface area contributed by atoms with Crippen molar-refractivity contribution in [3.8, 4) is 11.8 Å². The van der Waals surface area contributed by atoms with Gasteiger partial charge in [-0.1, -0.05) is 18.1 Å². The molecule has 21 heavy (non-hydrogen) atoms. The van der Waals surface area contributed by atoms with Crippen LogP contribution in [-0.4, -0.2) is 23.1 Å². The largest absolute Gasteiger partial charge is 0.478 e. The summed E-state index contributed by atoms with van der Waals surface area (Å²) in [5.74, 6) is 0.549. The van der Waals surface area contributed by atoms with Gasteiger partial charge in [0.05, 0.1) is 18.3 Å². The van der Waals surface area contributed by atoms with Crippen molar-refractivity contribution in [3.63, 3.8) is 0 Å².